The van der Waals surface area contributed by atoms with E-state index in [9.17, 15) is 4.79 Å². The molecule has 2 N–H and O–H groups in total. The summed E-state index contributed by atoms with van der Waals surface area (Å²) in [4.78, 5) is 16.5. The lowest BCUT2D eigenvalue weighted by atomic mass is 10.1. The molecule has 0 bridgehead atoms. The van der Waals surface area contributed by atoms with Crippen LogP contribution in [-0.2, 0) is 6.42 Å². The Morgan fingerprint density at radius 1 is 1.04 bits per heavy atom. The highest BCUT2D eigenvalue weighted by molar-refractivity contribution is 6.30. The Bertz CT molecular complexity index is 896. The van der Waals surface area contributed by atoms with Crippen LogP contribution in [0.2, 0.25) is 5.02 Å². The maximum absolute atomic E-state index is 12.3. The molecular formula is C21H20ClN3O2. The Hall–Kier alpha value is -3.05. The van der Waals surface area contributed by atoms with Crippen LogP contribution in [0.5, 0.6) is 5.75 Å². The van der Waals surface area contributed by atoms with Crippen LogP contribution in [0.1, 0.15) is 16.1 Å². The van der Waals surface area contributed by atoms with Gasteiger partial charge >= 0.3 is 0 Å². The Morgan fingerprint density at radius 3 is 2.48 bits per heavy atom. The molecule has 0 aliphatic heterocycles. The van der Waals surface area contributed by atoms with E-state index in [0.29, 0.717) is 17.3 Å². The van der Waals surface area contributed by atoms with Crippen LogP contribution in [0.15, 0.2) is 66.9 Å². The Balaban J connectivity index is 1.55. The summed E-state index contributed by atoms with van der Waals surface area (Å²) in [5.74, 6) is 0.611. The summed E-state index contributed by atoms with van der Waals surface area (Å²) in [5, 5.41) is 6.80. The number of halogens is 1. The first-order valence-corrected chi connectivity index (χ1v) is 8.91. The maximum atomic E-state index is 12.3. The van der Waals surface area contributed by atoms with Crippen LogP contribution in [0.25, 0.3) is 0 Å². The van der Waals surface area contributed by atoms with Crippen molar-refractivity contribution in [3.63, 3.8) is 0 Å². The van der Waals surface area contributed by atoms with Crippen molar-refractivity contribution >= 4 is 28.9 Å². The van der Waals surface area contributed by atoms with Crippen LogP contribution in [-0.4, -0.2) is 24.5 Å². The average Bonchev–Trinajstić information content (AvgIpc) is 2.70. The fraction of sp³-hybridized carbons (Fsp3) is 0.143. The third-order valence-corrected chi connectivity index (χ3v) is 4.24. The number of hydrogen-bond acceptors (Lipinski definition) is 4. The minimum absolute atomic E-state index is 0.205. The molecular weight excluding hydrogens is 362 g/mol. The third kappa shape index (κ3) is 5.46. The maximum Gasteiger partial charge on any atom is 0.269 e. The smallest absolute Gasteiger partial charge is 0.269 e. The van der Waals surface area contributed by atoms with Gasteiger partial charge in [-0.05, 0) is 60.5 Å². The van der Waals surface area contributed by atoms with Crippen molar-refractivity contribution in [3.05, 3.63) is 83.1 Å². The Kier molecular flexibility index (Phi) is 6.28. The minimum atomic E-state index is -0.205. The van der Waals surface area contributed by atoms with E-state index >= 15 is 0 Å². The van der Waals surface area contributed by atoms with Gasteiger partial charge in [-0.2, -0.15) is 0 Å². The standard InChI is InChI=1S/C21H20ClN3O2/c1-27-19-8-2-15(3-9-19)10-12-24-21(26)20-14-18(11-13-23-20)25-17-6-4-16(22)5-7-17/h2-9,11,13-14H,10,12H2,1H3,(H,23,25)(H,24,26). The summed E-state index contributed by atoms with van der Waals surface area (Å²) in [6.07, 6.45) is 2.34. The molecule has 5 nitrogen and oxygen atoms in total. The molecule has 0 saturated carbocycles. The van der Waals surface area contributed by atoms with Crippen LogP contribution < -0.4 is 15.4 Å². The van der Waals surface area contributed by atoms with Gasteiger partial charge in [-0.3, -0.25) is 9.78 Å². The number of anilines is 2. The number of hydrogen-bond donors (Lipinski definition) is 2. The van der Waals surface area contributed by atoms with E-state index in [1.54, 1.807) is 31.5 Å². The zero-order chi connectivity index (χ0) is 19.1. The number of benzene rings is 2. The number of pyridine rings is 1. The normalized spacial score (nSPS) is 10.3. The molecule has 0 aliphatic carbocycles. The third-order valence-electron chi connectivity index (χ3n) is 3.98. The van der Waals surface area contributed by atoms with Crippen molar-refractivity contribution in [3.8, 4) is 5.75 Å². The molecule has 2 aromatic carbocycles. The number of carbonyl (C=O) groups excluding carboxylic acids is 1. The molecule has 3 rings (SSSR count). The van der Waals surface area contributed by atoms with Crippen molar-refractivity contribution in [1.29, 1.82) is 0 Å². The van der Waals surface area contributed by atoms with Gasteiger partial charge in [0.1, 0.15) is 11.4 Å². The second-order valence-corrected chi connectivity index (χ2v) is 6.35. The van der Waals surface area contributed by atoms with E-state index in [4.69, 9.17) is 16.3 Å². The van der Waals surface area contributed by atoms with E-state index < -0.39 is 0 Å². The van der Waals surface area contributed by atoms with Crippen molar-refractivity contribution < 1.29 is 9.53 Å². The lowest BCUT2D eigenvalue weighted by molar-refractivity contribution is 0.0949. The second-order valence-electron chi connectivity index (χ2n) is 5.92. The number of nitrogens with one attached hydrogen (secondary N) is 2. The first-order valence-electron chi connectivity index (χ1n) is 8.54. The predicted octanol–water partition coefficient (Wildman–Crippen LogP) is 4.46. The van der Waals surface area contributed by atoms with Gasteiger partial charge in [0.05, 0.1) is 7.11 Å². The van der Waals surface area contributed by atoms with Crippen LogP contribution in [0.4, 0.5) is 11.4 Å². The van der Waals surface area contributed by atoms with E-state index in [2.05, 4.69) is 15.6 Å². The van der Waals surface area contributed by atoms with Crippen molar-refractivity contribution in [2.75, 3.05) is 19.0 Å². The van der Waals surface area contributed by atoms with Crippen LogP contribution >= 0.6 is 11.6 Å². The van der Waals surface area contributed by atoms with Crippen molar-refractivity contribution in [2.45, 2.75) is 6.42 Å². The van der Waals surface area contributed by atoms with Crippen LogP contribution in [0.3, 0.4) is 0 Å². The summed E-state index contributed by atoms with van der Waals surface area (Å²) in [7, 11) is 1.64. The average molecular weight is 382 g/mol. The molecule has 27 heavy (non-hydrogen) atoms. The van der Waals surface area contributed by atoms with E-state index in [0.717, 1.165) is 29.1 Å². The molecule has 0 fully saturated rings. The van der Waals surface area contributed by atoms with Gasteiger partial charge in [0.15, 0.2) is 0 Å². The highest BCUT2D eigenvalue weighted by atomic mass is 35.5. The number of carbonyl (C=O) groups is 1. The minimum Gasteiger partial charge on any atom is -0.497 e. The van der Waals surface area contributed by atoms with E-state index in [1.165, 1.54) is 0 Å². The molecule has 138 valence electrons. The Labute approximate surface area is 163 Å². The number of rotatable bonds is 7. The molecule has 0 spiro atoms. The monoisotopic (exact) mass is 381 g/mol. The fourth-order valence-electron chi connectivity index (χ4n) is 2.54. The number of ether oxygens (including phenoxy) is 1. The molecule has 1 aromatic heterocycles. The topological polar surface area (TPSA) is 63.2 Å². The lowest BCUT2D eigenvalue weighted by Gasteiger charge is -2.09. The number of amides is 1. The first kappa shape index (κ1) is 18.7. The molecule has 6 heteroatoms. The molecule has 3 aromatic rings. The number of methoxy groups -OCH3 is 1. The van der Waals surface area contributed by atoms with Gasteiger partial charge in [-0.25, -0.2) is 0 Å². The van der Waals surface area contributed by atoms with Gasteiger partial charge in [0.2, 0.25) is 0 Å². The number of aromatic nitrogens is 1. The highest BCUT2D eigenvalue weighted by Gasteiger charge is 2.08. The lowest BCUT2D eigenvalue weighted by Crippen LogP contribution is -2.26. The van der Waals surface area contributed by atoms with Crippen LogP contribution in [0, 0.1) is 0 Å². The van der Waals surface area contributed by atoms with Gasteiger partial charge in [0, 0.05) is 29.1 Å². The number of nitrogens with zero attached hydrogens (tertiary/aromatic N) is 1. The van der Waals surface area contributed by atoms with Gasteiger partial charge < -0.3 is 15.4 Å². The molecule has 0 atom stereocenters. The van der Waals surface area contributed by atoms with Gasteiger partial charge in [-0.15, -0.1) is 0 Å². The van der Waals surface area contributed by atoms with Crippen molar-refractivity contribution in [1.82, 2.24) is 10.3 Å². The summed E-state index contributed by atoms with van der Waals surface area (Å²) < 4.78 is 5.14. The zero-order valence-corrected chi connectivity index (χ0v) is 15.7. The molecule has 1 amide bonds. The summed E-state index contributed by atoms with van der Waals surface area (Å²) in [6.45, 7) is 0.529. The van der Waals surface area contributed by atoms with E-state index in [-0.39, 0.29) is 5.91 Å². The molecule has 0 unspecified atom stereocenters. The molecule has 0 radical (unpaired) electrons. The fourth-order valence-corrected chi connectivity index (χ4v) is 2.66. The van der Waals surface area contributed by atoms with E-state index in [1.807, 2.05) is 42.5 Å². The summed E-state index contributed by atoms with van der Waals surface area (Å²) >= 11 is 5.89. The first-order chi connectivity index (χ1) is 13.1. The molecule has 1 heterocycles. The Morgan fingerprint density at radius 2 is 1.78 bits per heavy atom. The summed E-state index contributed by atoms with van der Waals surface area (Å²) in [5.41, 5.74) is 3.16. The van der Waals surface area contributed by atoms with Gasteiger partial charge in [-0.1, -0.05) is 23.7 Å². The quantitative estimate of drug-likeness (QED) is 0.634. The predicted molar refractivity (Wildman–Crippen MR) is 108 cm³/mol. The van der Waals surface area contributed by atoms with Crippen molar-refractivity contribution in [2.24, 2.45) is 0 Å². The SMILES string of the molecule is COc1ccc(CCNC(=O)c2cc(Nc3ccc(Cl)cc3)ccn2)cc1. The second kappa shape index (κ2) is 9.05. The highest BCUT2D eigenvalue weighted by Crippen LogP contribution is 2.19. The summed E-state index contributed by atoms with van der Waals surface area (Å²) in [6, 6.07) is 18.7. The zero-order valence-electron chi connectivity index (χ0n) is 14.9. The van der Waals surface area contributed by atoms with Gasteiger partial charge in [0.25, 0.3) is 5.91 Å². The molecule has 0 aliphatic rings. The molecule has 0 saturated heterocycles. The largest absolute Gasteiger partial charge is 0.497 e.